The number of nitrogens with zero attached hydrogens (tertiary/aromatic N) is 3. The van der Waals surface area contributed by atoms with Crippen LogP contribution in [0.1, 0.15) is 18.4 Å². The molecule has 0 amide bonds. The first-order valence-electron chi connectivity index (χ1n) is 7.73. The van der Waals surface area contributed by atoms with E-state index in [1.165, 1.54) is 5.56 Å². The van der Waals surface area contributed by atoms with Crippen LogP contribution in [0.5, 0.6) is 0 Å². The Bertz CT molecular complexity index is 572. The van der Waals surface area contributed by atoms with Crippen molar-refractivity contribution in [3.05, 3.63) is 42.1 Å². The highest BCUT2D eigenvalue weighted by atomic mass is 16.5. The smallest absolute Gasteiger partial charge is 0.244 e. The van der Waals surface area contributed by atoms with E-state index >= 15 is 0 Å². The lowest BCUT2D eigenvalue weighted by Crippen LogP contribution is -2.19. The molecule has 2 N–H and O–H groups in total. The number of hydrogen-bond donors (Lipinski definition) is 2. The van der Waals surface area contributed by atoms with E-state index in [-0.39, 0.29) is 6.10 Å². The molecule has 2 heterocycles. The van der Waals surface area contributed by atoms with Gasteiger partial charge in [-0.3, -0.25) is 0 Å². The van der Waals surface area contributed by atoms with Gasteiger partial charge >= 0.3 is 0 Å². The van der Waals surface area contributed by atoms with Crippen LogP contribution in [0.15, 0.2) is 36.5 Å². The molecule has 116 valence electrons. The molecule has 1 aromatic carbocycles. The minimum Gasteiger partial charge on any atom is -0.376 e. The van der Waals surface area contributed by atoms with Crippen LogP contribution in [0.2, 0.25) is 0 Å². The lowest BCUT2D eigenvalue weighted by atomic mass is 10.1. The van der Waals surface area contributed by atoms with E-state index in [0.29, 0.717) is 5.95 Å². The molecule has 22 heavy (non-hydrogen) atoms. The predicted octanol–water partition coefficient (Wildman–Crippen LogP) is 2.12. The van der Waals surface area contributed by atoms with Crippen LogP contribution >= 0.6 is 0 Å². The normalized spacial score (nSPS) is 17.4. The number of aromatic nitrogens is 3. The van der Waals surface area contributed by atoms with E-state index in [2.05, 4.69) is 37.9 Å². The van der Waals surface area contributed by atoms with Crippen LogP contribution in [0, 0.1) is 0 Å². The fourth-order valence-electron chi connectivity index (χ4n) is 2.45. The molecule has 1 aliphatic heterocycles. The molecule has 0 spiro atoms. The summed E-state index contributed by atoms with van der Waals surface area (Å²) in [6.07, 6.45) is 5.09. The first kappa shape index (κ1) is 14.7. The van der Waals surface area contributed by atoms with Crippen molar-refractivity contribution in [3.63, 3.8) is 0 Å². The van der Waals surface area contributed by atoms with Gasteiger partial charge in [-0.1, -0.05) is 30.3 Å². The van der Waals surface area contributed by atoms with E-state index in [1.807, 2.05) is 18.2 Å². The SMILES string of the molecule is c1ccc(CCNc2nncc(NCC3CCCO3)n2)cc1. The Morgan fingerprint density at radius 1 is 1.18 bits per heavy atom. The standard InChI is InChI=1S/C16H21N5O/c1-2-5-13(6-3-1)8-9-17-16-20-15(12-19-21-16)18-11-14-7-4-10-22-14/h1-3,5-6,12,14H,4,7-11H2,(H2,17,18,20,21). The number of benzene rings is 1. The lowest BCUT2D eigenvalue weighted by molar-refractivity contribution is 0.120. The quantitative estimate of drug-likeness (QED) is 0.816. The Morgan fingerprint density at radius 2 is 2.09 bits per heavy atom. The van der Waals surface area contributed by atoms with Gasteiger partial charge in [-0.15, -0.1) is 5.10 Å². The molecule has 0 radical (unpaired) electrons. The van der Waals surface area contributed by atoms with E-state index < -0.39 is 0 Å². The van der Waals surface area contributed by atoms with Gasteiger partial charge in [0.15, 0.2) is 5.82 Å². The highest BCUT2D eigenvalue weighted by Gasteiger charge is 2.15. The summed E-state index contributed by atoms with van der Waals surface area (Å²) in [6.45, 7) is 2.41. The second kappa shape index (κ2) is 7.70. The highest BCUT2D eigenvalue weighted by Crippen LogP contribution is 2.13. The number of anilines is 2. The molecule has 1 unspecified atom stereocenters. The van der Waals surface area contributed by atoms with Crippen molar-refractivity contribution in [2.75, 3.05) is 30.3 Å². The van der Waals surface area contributed by atoms with Crippen LogP contribution in [0.4, 0.5) is 11.8 Å². The molecule has 1 saturated heterocycles. The zero-order chi connectivity index (χ0) is 15.0. The third-order valence-corrected chi connectivity index (χ3v) is 3.63. The summed E-state index contributed by atoms with van der Waals surface area (Å²) in [4.78, 5) is 4.41. The van der Waals surface area contributed by atoms with Crippen molar-refractivity contribution >= 4 is 11.8 Å². The summed E-state index contributed by atoms with van der Waals surface area (Å²) in [5.74, 6) is 1.28. The zero-order valence-corrected chi connectivity index (χ0v) is 12.5. The molecule has 1 aliphatic rings. The summed E-state index contributed by atoms with van der Waals surface area (Å²) in [6, 6.07) is 10.3. The van der Waals surface area contributed by atoms with E-state index in [4.69, 9.17) is 4.74 Å². The summed E-state index contributed by atoms with van der Waals surface area (Å²) >= 11 is 0. The second-order valence-electron chi connectivity index (χ2n) is 5.34. The average Bonchev–Trinajstić information content (AvgIpc) is 3.08. The van der Waals surface area contributed by atoms with Gasteiger partial charge in [0.2, 0.25) is 5.95 Å². The largest absolute Gasteiger partial charge is 0.376 e. The van der Waals surface area contributed by atoms with Crippen molar-refractivity contribution in [3.8, 4) is 0 Å². The number of hydrogen-bond acceptors (Lipinski definition) is 6. The maximum absolute atomic E-state index is 5.58. The van der Waals surface area contributed by atoms with E-state index in [0.717, 1.165) is 44.8 Å². The lowest BCUT2D eigenvalue weighted by Gasteiger charge is -2.11. The third kappa shape index (κ3) is 4.39. The van der Waals surface area contributed by atoms with Crippen LogP contribution in [-0.2, 0) is 11.2 Å². The Morgan fingerprint density at radius 3 is 2.91 bits per heavy atom. The molecular weight excluding hydrogens is 278 g/mol. The van der Waals surface area contributed by atoms with E-state index in [9.17, 15) is 0 Å². The van der Waals surface area contributed by atoms with Crippen molar-refractivity contribution in [1.82, 2.24) is 15.2 Å². The summed E-state index contributed by atoms with van der Waals surface area (Å²) in [5.41, 5.74) is 1.29. The maximum Gasteiger partial charge on any atom is 0.244 e. The Balaban J connectivity index is 1.46. The van der Waals surface area contributed by atoms with Gasteiger partial charge < -0.3 is 15.4 Å². The predicted molar refractivity (Wildman–Crippen MR) is 85.9 cm³/mol. The molecule has 0 aliphatic carbocycles. The Labute approximate surface area is 130 Å². The third-order valence-electron chi connectivity index (χ3n) is 3.63. The monoisotopic (exact) mass is 299 g/mol. The molecule has 1 aromatic heterocycles. The van der Waals surface area contributed by atoms with Crippen LogP contribution in [0.25, 0.3) is 0 Å². The summed E-state index contributed by atoms with van der Waals surface area (Å²) in [7, 11) is 0. The maximum atomic E-state index is 5.58. The van der Waals surface area contributed by atoms with Crippen LogP contribution < -0.4 is 10.6 Å². The number of nitrogens with one attached hydrogen (secondary N) is 2. The van der Waals surface area contributed by atoms with Crippen LogP contribution in [0.3, 0.4) is 0 Å². The molecule has 0 bridgehead atoms. The summed E-state index contributed by atoms with van der Waals surface area (Å²) in [5, 5.41) is 14.4. The Hall–Kier alpha value is -2.21. The highest BCUT2D eigenvalue weighted by molar-refractivity contribution is 5.37. The zero-order valence-electron chi connectivity index (χ0n) is 12.5. The Kier molecular flexibility index (Phi) is 5.15. The fourth-order valence-corrected chi connectivity index (χ4v) is 2.45. The first-order chi connectivity index (χ1) is 10.9. The minimum absolute atomic E-state index is 0.282. The van der Waals surface area contributed by atoms with Gasteiger partial charge in [0, 0.05) is 19.7 Å². The van der Waals surface area contributed by atoms with Gasteiger partial charge in [-0.05, 0) is 24.8 Å². The number of ether oxygens (including phenoxy) is 1. The molecule has 1 fully saturated rings. The molecule has 3 rings (SSSR count). The first-order valence-corrected chi connectivity index (χ1v) is 7.73. The molecule has 6 nitrogen and oxygen atoms in total. The van der Waals surface area contributed by atoms with Crippen LogP contribution in [-0.4, -0.2) is 41.0 Å². The average molecular weight is 299 g/mol. The minimum atomic E-state index is 0.282. The van der Waals surface area contributed by atoms with Crippen molar-refractivity contribution in [2.45, 2.75) is 25.4 Å². The van der Waals surface area contributed by atoms with Crippen molar-refractivity contribution in [2.24, 2.45) is 0 Å². The van der Waals surface area contributed by atoms with E-state index in [1.54, 1.807) is 6.20 Å². The van der Waals surface area contributed by atoms with Gasteiger partial charge in [-0.25, -0.2) is 0 Å². The van der Waals surface area contributed by atoms with Crippen molar-refractivity contribution in [1.29, 1.82) is 0 Å². The molecule has 1 atom stereocenters. The van der Waals surface area contributed by atoms with Gasteiger partial charge in [0.05, 0.1) is 12.3 Å². The molecular formula is C16H21N5O. The van der Waals surface area contributed by atoms with Gasteiger partial charge in [0.25, 0.3) is 0 Å². The molecule has 2 aromatic rings. The molecule has 0 saturated carbocycles. The fraction of sp³-hybridized carbons (Fsp3) is 0.438. The van der Waals surface area contributed by atoms with Crippen molar-refractivity contribution < 1.29 is 4.74 Å². The number of rotatable bonds is 7. The van der Waals surface area contributed by atoms with Gasteiger partial charge in [-0.2, -0.15) is 10.1 Å². The second-order valence-corrected chi connectivity index (χ2v) is 5.34. The molecule has 6 heteroatoms. The summed E-state index contributed by atoms with van der Waals surface area (Å²) < 4.78 is 5.58. The van der Waals surface area contributed by atoms with Gasteiger partial charge in [0.1, 0.15) is 0 Å². The topological polar surface area (TPSA) is 72.0 Å².